The minimum atomic E-state index is -0.214. The number of piperidine rings is 1. The summed E-state index contributed by atoms with van der Waals surface area (Å²) in [5.41, 5.74) is 1.66. The number of nitrogens with zero attached hydrogens (tertiary/aromatic N) is 4. The topological polar surface area (TPSA) is 68.8 Å². The number of anilines is 3. The van der Waals surface area contributed by atoms with Crippen molar-refractivity contribution in [2.24, 2.45) is 5.92 Å². The van der Waals surface area contributed by atoms with Gasteiger partial charge in [0.1, 0.15) is 0 Å². The van der Waals surface area contributed by atoms with Gasteiger partial charge in [-0.25, -0.2) is 4.98 Å². The number of carbonyl (C=O) groups excluding carboxylic acids is 2. The molecule has 2 aromatic rings. The zero-order valence-corrected chi connectivity index (χ0v) is 21.3. The Hall–Kier alpha value is -2.77. The molecular formula is C29H39N5O2. The third kappa shape index (κ3) is 5.95. The summed E-state index contributed by atoms with van der Waals surface area (Å²) in [6.07, 6.45) is 12.3. The van der Waals surface area contributed by atoms with Crippen molar-refractivity contribution >= 4 is 29.0 Å². The van der Waals surface area contributed by atoms with E-state index in [-0.39, 0.29) is 11.8 Å². The number of hydrogen-bond acceptors (Lipinski definition) is 5. The largest absolute Gasteiger partial charge is 0.319 e. The van der Waals surface area contributed by atoms with E-state index in [0.717, 1.165) is 32.0 Å². The van der Waals surface area contributed by atoms with E-state index < -0.39 is 0 Å². The number of fused-ring (bicyclic) bond motifs is 2. The molecule has 2 amide bonds. The number of nitrogens with one attached hydrogen (secondary N) is 1. The fourth-order valence-electron chi connectivity index (χ4n) is 5.93. The Morgan fingerprint density at radius 1 is 0.917 bits per heavy atom. The molecule has 36 heavy (non-hydrogen) atoms. The smallest absolute Gasteiger partial charge is 0.257 e. The van der Waals surface area contributed by atoms with Crippen LogP contribution < -0.4 is 10.2 Å². The summed E-state index contributed by atoms with van der Waals surface area (Å²) in [6, 6.07) is 10.8. The van der Waals surface area contributed by atoms with Crippen LogP contribution >= 0.6 is 0 Å². The summed E-state index contributed by atoms with van der Waals surface area (Å²) in [5, 5.41) is 2.90. The van der Waals surface area contributed by atoms with E-state index in [1.807, 2.05) is 18.2 Å². The van der Waals surface area contributed by atoms with Gasteiger partial charge in [-0.15, -0.1) is 0 Å². The predicted molar refractivity (Wildman–Crippen MR) is 144 cm³/mol. The maximum atomic E-state index is 13.4. The number of hydrogen-bond donors (Lipinski definition) is 1. The van der Waals surface area contributed by atoms with Crippen molar-refractivity contribution < 1.29 is 9.59 Å². The van der Waals surface area contributed by atoms with Gasteiger partial charge in [-0.1, -0.05) is 25.0 Å². The molecule has 1 aromatic carbocycles. The lowest BCUT2D eigenvalue weighted by atomic mass is 9.91. The molecule has 2 saturated heterocycles. The molecule has 0 spiro atoms. The number of unbranched alkanes of at least 4 members (excludes halogenated alkanes) is 1. The second-order valence-electron chi connectivity index (χ2n) is 10.5. The number of likely N-dealkylation sites (tertiary alicyclic amines) is 2. The van der Waals surface area contributed by atoms with Gasteiger partial charge in [0.25, 0.3) is 5.91 Å². The standard InChI is InChI=1S/C29H39N5O2/c35-27(34-26-12-2-1-10-24(26)29(36)31-25-11-7-16-30-28(25)34)13-8-20-33-21-14-23(15-22-33)9-3-4-17-32-18-5-6-19-32/h1-2,7,10-12,16,23H,3-6,8-9,13-15,17-22H2,(H,31,36). The van der Waals surface area contributed by atoms with Crippen LogP contribution in [0.2, 0.25) is 0 Å². The summed E-state index contributed by atoms with van der Waals surface area (Å²) in [7, 11) is 0. The minimum absolute atomic E-state index is 0.0215. The van der Waals surface area contributed by atoms with Gasteiger partial charge in [-0.05, 0) is 108 Å². The molecule has 3 aliphatic heterocycles. The zero-order valence-electron chi connectivity index (χ0n) is 21.3. The monoisotopic (exact) mass is 489 g/mol. The molecule has 0 unspecified atom stereocenters. The first kappa shape index (κ1) is 24.9. The summed E-state index contributed by atoms with van der Waals surface area (Å²) < 4.78 is 0. The number of amides is 2. The van der Waals surface area contributed by atoms with Gasteiger partial charge in [0.2, 0.25) is 5.91 Å². The average molecular weight is 490 g/mol. The first-order valence-electron chi connectivity index (χ1n) is 13.8. The van der Waals surface area contributed by atoms with E-state index >= 15 is 0 Å². The third-order valence-corrected chi connectivity index (χ3v) is 7.99. The van der Waals surface area contributed by atoms with Gasteiger partial charge < -0.3 is 15.1 Å². The molecule has 0 saturated carbocycles. The van der Waals surface area contributed by atoms with Gasteiger partial charge >= 0.3 is 0 Å². The van der Waals surface area contributed by atoms with Gasteiger partial charge in [0, 0.05) is 12.6 Å². The summed E-state index contributed by atoms with van der Waals surface area (Å²) in [4.78, 5) is 37.4. The van der Waals surface area contributed by atoms with Gasteiger partial charge in [0.15, 0.2) is 5.82 Å². The van der Waals surface area contributed by atoms with Gasteiger partial charge in [0.05, 0.1) is 16.9 Å². The Balaban J connectivity index is 1.09. The van der Waals surface area contributed by atoms with Gasteiger partial charge in [-0.3, -0.25) is 14.5 Å². The molecule has 3 aliphatic rings. The number of carbonyl (C=O) groups is 2. The molecule has 0 atom stereocenters. The van der Waals surface area contributed by atoms with E-state index in [4.69, 9.17) is 0 Å². The zero-order chi connectivity index (χ0) is 24.7. The molecule has 2 fully saturated rings. The lowest BCUT2D eigenvalue weighted by Crippen LogP contribution is -2.35. The van der Waals surface area contributed by atoms with Crippen LogP contribution in [-0.2, 0) is 4.79 Å². The van der Waals surface area contributed by atoms with E-state index in [2.05, 4.69) is 20.1 Å². The third-order valence-electron chi connectivity index (χ3n) is 7.99. The van der Waals surface area contributed by atoms with Gasteiger partial charge in [-0.2, -0.15) is 0 Å². The van der Waals surface area contributed by atoms with Crippen LogP contribution in [0.1, 0.15) is 68.1 Å². The predicted octanol–water partition coefficient (Wildman–Crippen LogP) is 5.07. The fourth-order valence-corrected chi connectivity index (χ4v) is 5.93. The number of pyridine rings is 1. The van der Waals surface area contributed by atoms with Crippen molar-refractivity contribution in [3.05, 3.63) is 48.2 Å². The molecule has 1 aromatic heterocycles. The average Bonchev–Trinajstić information content (AvgIpc) is 3.38. The maximum Gasteiger partial charge on any atom is 0.257 e. The Morgan fingerprint density at radius 2 is 1.67 bits per heavy atom. The van der Waals surface area contributed by atoms with E-state index in [9.17, 15) is 9.59 Å². The molecule has 0 bridgehead atoms. The van der Waals surface area contributed by atoms with E-state index in [1.165, 1.54) is 64.6 Å². The first-order valence-corrected chi connectivity index (χ1v) is 13.8. The van der Waals surface area contributed by atoms with Crippen molar-refractivity contribution in [1.29, 1.82) is 0 Å². The minimum Gasteiger partial charge on any atom is -0.319 e. The van der Waals surface area contributed by atoms with Crippen molar-refractivity contribution in [2.75, 3.05) is 49.5 Å². The number of benzene rings is 1. The SMILES string of the molecule is O=C1Nc2cccnc2N(C(=O)CCCN2CCC(CCCCN3CCCC3)CC2)c2ccccc21. The highest BCUT2D eigenvalue weighted by Crippen LogP contribution is 2.36. The fraction of sp³-hybridized carbons (Fsp3) is 0.552. The van der Waals surface area contributed by atoms with E-state index in [1.54, 1.807) is 29.3 Å². The van der Waals surface area contributed by atoms with Crippen LogP contribution in [-0.4, -0.2) is 65.9 Å². The molecule has 192 valence electrons. The molecule has 7 heteroatoms. The van der Waals surface area contributed by atoms with Crippen LogP contribution in [0.15, 0.2) is 42.6 Å². The van der Waals surface area contributed by atoms with Crippen LogP contribution in [0.5, 0.6) is 0 Å². The van der Waals surface area contributed by atoms with Crippen molar-refractivity contribution in [3.63, 3.8) is 0 Å². The highest BCUT2D eigenvalue weighted by molar-refractivity contribution is 6.17. The van der Waals surface area contributed by atoms with Crippen LogP contribution in [0, 0.1) is 5.92 Å². The Kier molecular flexibility index (Phi) is 8.29. The molecule has 0 radical (unpaired) electrons. The molecule has 4 heterocycles. The molecule has 7 nitrogen and oxygen atoms in total. The van der Waals surface area contributed by atoms with Crippen LogP contribution in [0.4, 0.5) is 17.2 Å². The molecule has 0 aliphatic carbocycles. The molecular weight excluding hydrogens is 450 g/mol. The second-order valence-corrected chi connectivity index (χ2v) is 10.5. The summed E-state index contributed by atoms with van der Waals surface area (Å²) in [6.45, 7) is 7.13. The van der Waals surface area contributed by atoms with Crippen LogP contribution in [0.3, 0.4) is 0 Å². The van der Waals surface area contributed by atoms with Crippen molar-refractivity contribution in [1.82, 2.24) is 14.8 Å². The van der Waals surface area contributed by atoms with Crippen LogP contribution in [0.25, 0.3) is 0 Å². The number of para-hydroxylation sites is 1. The van der Waals surface area contributed by atoms with Crippen molar-refractivity contribution in [3.8, 4) is 0 Å². The summed E-state index contributed by atoms with van der Waals surface area (Å²) >= 11 is 0. The number of rotatable bonds is 9. The van der Waals surface area contributed by atoms with Crippen molar-refractivity contribution in [2.45, 2.75) is 57.8 Å². The normalized spacial score (nSPS) is 19.0. The number of aromatic nitrogens is 1. The molecule has 5 rings (SSSR count). The Bertz CT molecular complexity index is 1040. The second kappa shape index (κ2) is 12.0. The molecule has 1 N–H and O–H groups in total. The van der Waals surface area contributed by atoms with E-state index in [0.29, 0.717) is 29.2 Å². The first-order chi connectivity index (χ1) is 17.7. The summed E-state index contributed by atoms with van der Waals surface area (Å²) in [5.74, 6) is 1.12. The maximum absolute atomic E-state index is 13.4. The lowest BCUT2D eigenvalue weighted by molar-refractivity contribution is -0.118. The Labute approximate surface area is 214 Å². The highest BCUT2D eigenvalue weighted by Gasteiger charge is 2.30. The lowest BCUT2D eigenvalue weighted by Gasteiger charge is -2.32. The highest BCUT2D eigenvalue weighted by atomic mass is 16.2. The quantitative estimate of drug-likeness (QED) is 0.498. The Morgan fingerprint density at radius 3 is 2.50 bits per heavy atom.